The molecule has 0 bridgehead atoms. The molecule has 0 fully saturated rings. The van der Waals surface area contributed by atoms with Crippen LogP contribution in [0.4, 0.5) is 0 Å². The highest BCUT2D eigenvalue weighted by atomic mass is 28.4. The normalized spacial score (nSPS) is 24.1. The zero-order chi connectivity index (χ0) is 13.6. The molecule has 1 unspecified atom stereocenters. The van der Waals surface area contributed by atoms with Crippen molar-refractivity contribution in [2.75, 3.05) is 0 Å². The van der Waals surface area contributed by atoms with Gasteiger partial charge in [-0.1, -0.05) is 45.0 Å². The van der Waals surface area contributed by atoms with Gasteiger partial charge in [0.25, 0.3) is 0 Å². The molecule has 2 heteroatoms. The van der Waals surface area contributed by atoms with Crippen molar-refractivity contribution in [2.45, 2.75) is 64.3 Å². The molecule has 0 aromatic heterocycles. The van der Waals surface area contributed by atoms with Gasteiger partial charge in [0.05, 0.1) is 5.60 Å². The maximum Gasteiger partial charge on any atom is 0.193 e. The van der Waals surface area contributed by atoms with E-state index in [2.05, 4.69) is 65.1 Å². The maximum atomic E-state index is 6.72. The van der Waals surface area contributed by atoms with Crippen molar-refractivity contribution in [3.05, 3.63) is 35.4 Å². The first kappa shape index (κ1) is 13.8. The minimum Gasteiger partial charge on any atom is -0.408 e. The molecule has 1 aromatic rings. The van der Waals surface area contributed by atoms with E-state index in [1.165, 1.54) is 11.1 Å². The molecule has 1 aliphatic rings. The van der Waals surface area contributed by atoms with Gasteiger partial charge in [-0.25, -0.2) is 0 Å². The largest absolute Gasteiger partial charge is 0.408 e. The van der Waals surface area contributed by atoms with E-state index in [1.807, 2.05) is 0 Å². The second kappa shape index (κ2) is 4.21. The van der Waals surface area contributed by atoms with E-state index in [-0.39, 0.29) is 10.6 Å². The van der Waals surface area contributed by atoms with Crippen LogP contribution in [0.5, 0.6) is 0 Å². The third kappa shape index (κ3) is 2.28. The second-order valence-electron chi connectivity index (χ2n) is 7.25. The summed E-state index contributed by atoms with van der Waals surface area (Å²) in [6.45, 7) is 13.9. The fourth-order valence-electron chi connectivity index (χ4n) is 2.58. The quantitative estimate of drug-likeness (QED) is 0.691. The lowest BCUT2D eigenvalue weighted by atomic mass is 9.99. The van der Waals surface area contributed by atoms with Crippen molar-refractivity contribution in [3.63, 3.8) is 0 Å². The summed E-state index contributed by atoms with van der Waals surface area (Å²) in [4.78, 5) is 0. The first-order valence-corrected chi connectivity index (χ1v) is 9.85. The minimum atomic E-state index is -1.71. The third-order valence-corrected chi connectivity index (χ3v) is 9.32. The average molecular weight is 262 g/mol. The van der Waals surface area contributed by atoms with Gasteiger partial charge in [-0.3, -0.25) is 0 Å². The molecular formula is C16H26OSi. The molecule has 1 nitrogen and oxygen atoms in total. The highest BCUT2D eigenvalue weighted by Crippen LogP contribution is 2.46. The molecule has 0 radical (unpaired) electrons. The molecule has 0 saturated carbocycles. The Morgan fingerprint density at radius 1 is 1.17 bits per heavy atom. The van der Waals surface area contributed by atoms with Crippen molar-refractivity contribution >= 4 is 8.32 Å². The molecule has 0 heterocycles. The lowest BCUT2D eigenvalue weighted by Crippen LogP contribution is -2.46. The highest BCUT2D eigenvalue weighted by Gasteiger charge is 2.45. The molecule has 1 atom stereocenters. The number of fused-ring (bicyclic) bond motifs is 1. The predicted octanol–water partition coefficient (Wildman–Crippen LogP) is 4.87. The van der Waals surface area contributed by atoms with E-state index in [0.29, 0.717) is 0 Å². The Kier molecular flexibility index (Phi) is 3.23. The Labute approximate surface area is 113 Å². The summed E-state index contributed by atoms with van der Waals surface area (Å²) in [5, 5.41) is 0.271. The van der Waals surface area contributed by atoms with Crippen molar-refractivity contribution in [1.82, 2.24) is 0 Å². The van der Waals surface area contributed by atoms with Gasteiger partial charge in [0.15, 0.2) is 8.32 Å². The van der Waals surface area contributed by atoms with Crippen LogP contribution in [0, 0.1) is 0 Å². The molecule has 0 amide bonds. The monoisotopic (exact) mass is 262 g/mol. The summed E-state index contributed by atoms with van der Waals surface area (Å²) >= 11 is 0. The van der Waals surface area contributed by atoms with E-state index in [4.69, 9.17) is 4.43 Å². The second-order valence-corrected chi connectivity index (χ2v) is 12.0. The van der Waals surface area contributed by atoms with Crippen LogP contribution in [-0.4, -0.2) is 8.32 Å². The van der Waals surface area contributed by atoms with E-state index in [0.717, 1.165) is 12.8 Å². The number of aryl methyl sites for hydroxylation is 1. The number of hydrogen-bond donors (Lipinski definition) is 0. The van der Waals surface area contributed by atoms with Crippen LogP contribution in [0.3, 0.4) is 0 Å². The molecule has 2 rings (SSSR count). The van der Waals surface area contributed by atoms with Crippen LogP contribution in [0.1, 0.15) is 45.2 Å². The highest BCUT2D eigenvalue weighted by molar-refractivity contribution is 6.74. The maximum absolute atomic E-state index is 6.72. The molecule has 0 spiro atoms. The molecule has 1 aliphatic carbocycles. The lowest BCUT2D eigenvalue weighted by Gasteiger charge is -2.43. The van der Waals surface area contributed by atoms with Crippen LogP contribution in [0.25, 0.3) is 0 Å². The van der Waals surface area contributed by atoms with Gasteiger partial charge < -0.3 is 4.43 Å². The number of hydrogen-bond acceptors (Lipinski definition) is 1. The Morgan fingerprint density at radius 3 is 2.39 bits per heavy atom. The van der Waals surface area contributed by atoms with Gasteiger partial charge in [-0.15, -0.1) is 0 Å². The summed E-state index contributed by atoms with van der Waals surface area (Å²) < 4.78 is 6.72. The minimum absolute atomic E-state index is 0.0698. The fraction of sp³-hybridized carbons (Fsp3) is 0.625. The van der Waals surface area contributed by atoms with E-state index in [1.54, 1.807) is 0 Å². The van der Waals surface area contributed by atoms with Crippen molar-refractivity contribution in [2.24, 2.45) is 0 Å². The molecule has 100 valence electrons. The molecular weight excluding hydrogens is 236 g/mol. The average Bonchev–Trinajstić information content (AvgIpc) is 2.55. The van der Waals surface area contributed by atoms with E-state index in [9.17, 15) is 0 Å². The number of rotatable bonds is 2. The first-order chi connectivity index (χ1) is 8.16. The SMILES string of the molecule is CC1(O[Si](C)(C)C(C)(C)C)CCc2ccccc21. The summed E-state index contributed by atoms with van der Waals surface area (Å²) in [5.74, 6) is 0. The molecule has 1 aromatic carbocycles. The Morgan fingerprint density at radius 2 is 1.78 bits per heavy atom. The zero-order valence-corrected chi connectivity index (χ0v) is 13.6. The van der Waals surface area contributed by atoms with Crippen LogP contribution in [0.15, 0.2) is 24.3 Å². The first-order valence-electron chi connectivity index (χ1n) is 6.94. The van der Waals surface area contributed by atoms with Crippen LogP contribution in [-0.2, 0) is 16.4 Å². The molecule has 18 heavy (non-hydrogen) atoms. The summed E-state index contributed by atoms with van der Waals surface area (Å²) in [6.07, 6.45) is 2.28. The third-order valence-electron chi connectivity index (χ3n) is 4.75. The Balaban J connectivity index is 2.31. The predicted molar refractivity (Wildman–Crippen MR) is 80.4 cm³/mol. The Bertz CT molecular complexity index is 445. The summed E-state index contributed by atoms with van der Waals surface area (Å²) in [7, 11) is -1.71. The molecule has 0 N–H and O–H groups in total. The smallest absolute Gasteiger partial charge is 0.193 e. The summed E-state index contributed by atoms with van der Waals surface area (Å²) in [5.41, 5.74) is 2.81. The van der Waals surface area contributed by atoms with E-state index >= 15 is 0 Å². The zero-order valence-electron chi connectivity index (χ0n) is 12.6. The number of benzene rings is 1. The summed E-state index contributed by atoms with van der Waals surface area (Å²) in [6, 6.07) is 8.76. The van der Waals surface area contributed by atoms with E-state index < -0.39 is 8.32 Å². The van der Waals surface area contributed by atoms with Crippen molar-refractivity contribution in [1.29, 1.82) is 0 Å². The van der Waals surface area contributed by atoms with Gasteiger partial charge >= 0.3 is 0 Å². The van der Waals surface area contributed by atoms with Gasteiger partial charge in [-0.2, -0.15) is 0 Å². The van der Waals surface area contributed by atoms with Crippen LogP contribution >= 0.6 is 0 Å². The van der Waals surface area contributed by atoms with Gasteiger partial charge in [0.2, 0.25) is 0 Å². The van der Waals surface area contributed by atoms with Gasteiger partial charge in [0.1, 0.15) is 0 Å². The Hall–Kier alpha value is -0.603. The topological polar surface area (TPSA) is 9.23 Å². The molecule has 0 aliphatic heterocycles. The van der Waals surface area contributed by atoms with Crippen LogP contribution < -0.4 is 0 Å². The molecule has 0 saturated heterocycles. The van der Waals surface area contributed by atoms with Gasteiger partial charge in [0, 0.05) is 0 Å². The van der Waals surface area contributed by atoms with Crippen molar-refractivity contribution in [3.8, 4) is 0 Å². The fourth-order valence-corrected chi connectivity index (χ4v) is 4.23. The van der Waals surface area contributed by atoms with Gasteiger partial charge in [-0.05, 0) is 49.0 Å². The lowest BCUT2D eigenvalue weighted by molar-refractivity contribution is 0.0717. The standard InChI is InChI=1S/C16H26OSi/c1-15(2,3)18(5,6)17-16(4)12-11-13-9-7-8-10-14(13)16/h7-10H,11-12H2,1-6H3. The van der Waals surface area contributed by atoms with Crippen LogP contribution in [0.2, 0.25) is 18.1 Å². The van der Waals surface area contributed by atoms with Crippen molar-refractivity contribution < 1.29 is 4.43 Å².